The van der Waals surface area contributed by atoms with Crippen LogP contribution in [-0.4, -0.2) is 139 Å². The third-order valence-corrected chi connectivity index (χ3v) is 9.43. The Morgan fingerprint density at radius 2 is 1.78 bits per heavy atom. The van der Waals surface area contributed by atoms with Gasteiger partial charge in [0, 0.05) is 77.5 Å². The second kappa shape index (κ2) is 19.7. The minimum Gasteiger partial charge on any atom is -0.483 e. The van der Waals surface area contributed by atoms with Gasteiger partial charge >= 0.3 is 0 Å². The molecule has 1 aromatic heterocycles. The highest BCUT2D eigenvalue weighted by molar-refractivity contribution is 5.97. The summed E-state index contributed by atoms with van der Waals surface area (Å²) in [6.45, 7) is 18.8. The molecule has 2 saturated heterocycles. The highest BCUT2D eigenvalue weighted by atomic mass is 19.1. The molecule has 0 saturated carbocycles. The SMILES string of the molecule is CCN(C(=O)c1cc(F)ccc1Oc1nncnc1N1CCC2(C1)CN([C@H](CCCN(CCOC)CCOC)C(C)C)C2)C(C)C.O=CO. The van der Waals surface area contributed by atoms with Crippen molar-refractivity contribution in [1.29, 1.82) is 0 Å². The summed E-state index contributed by atoms with van der Waals surface area (Å²) in [6.07, 6.45) is 4.78. The third-order valence-electron chi connectivity index (χ3n) is 9.43. The van der Waals surface area contributed by atoms with Crippen molar-refractivity contribution in [3.05, 3.63) is 35.9 Å². The van der Waals surface area contributed by atoms with E-state index in [0.29, 0.717) is 24.3 Å². The van der Waals surface area contributed by atoms with Gasteiger partial charge in [0.05, 0.1) is 18.8 Å². The van der Waals surface area contributed by atoms with E-state index in [0.717, 1.165) is 78.3 Å². The Hall–Kier alpha value is -3.46. The zero-order valence-electron chi connectivity index (χ0n) is 30.3. The second-order valence-corrected chi connectivity index (χ2v) is 13.5. The lowest BCUT2D eigenvalue weighted by Gasteiger charge is -2.53. The van der Waals surface area contributed by atoms with Crippen molar-refractivity contribution < 1.29 is 33.3 Å². The Bertz CT molecular complexity index is 1300. The minimum absolute atomic E-state index is 0.0445. The predicted molar refractivity (Wildman–Crippen MR) is 186 cm³/mol. The molecule has 274 valence electrons. The van der Waals surface area contributed by atoms with Crippen LogP contribution in [0, 0.1) is 17.2 Å². The van der Waals surface area contributed by atoms with E-state index in [1.807, 2.05) is 20.8 Å². The zero-order valence-corrected chi connectivity index (χ0v) is 30.3. The average molecular weight is 690 g/mol. The van der Waals surface area contributed by atoms with Gasteiger partial charge in [-0.2, -0.15) is 0 Å². The van der Waals surface area contributed by atoms with E-state index in [2.05, 4.69) is 43.7 Å². The van der Waals surface area contributed by atoms with Crippen molar-refractivity contribution >= 4 is 18.2 Å². The number of carboxylic acid groups (broad SMARTS) is 1. The lowest BCUT2D eigenvalue weighted by molar-refractivity contribution is -0.122. The molecule has 2 aliphatic heterocycles. The van der Waals surface area contributed by atoms with E-state index >= 15 is 0 Å². The summed E-state index contributed by atoms with van der Waals surface area (Å²) < 4.78 is 31.1. The lowest BCUT2D eigenvalue weighted by atomic mass is 9.76. The lowest BCUT2D eigenvalue weighted by Crippen LogP contribution is -2.62. The van der Waals surface area contributed by atoms with Gasteiger partial charge in [-0.05, 0) is 70.7 Å². The van der Waals surface area contributed by atoms with Crippen molar-refractivity contribution in [3.63, 3.8) is 0 Å². The monoisotopic (exact) mass is 689 g/mol. The van der Waals surface area contributed by atoms with Crippen molar-refractivity contribution in [2.24, 2.45) is 11.3 Å². The minimum atomic E-state index is -0.502. The van der Waals surface area contributed by atoms with Gasteiger partial charge in [-0.25, -0.2) is 9.37 Å². The number of rotatable bonds is 18. The van der Waals surface area contributed by atoms with Crippen LogP contribution in [0.1, 0.15) is 64.2 Å². The summed E-state index contributed by atoms with van der Waals surface area (Å²) in [5.74, 6) is 0.822. The number of halogens is 1. The molecule has 3 heterocycles. The molecule has 0 radical (unpaired) electrons. The van der Waals surface area contributed by atoms with Crippen LogP contribution in [0.15, 0.2) is 24.5 Å². The average Bonchev–Trinajstić information content (AvgIpc) is 3.50. The van der Waals surface area contributed by atoms with Gasteiger partial charge in [-0.3, -0.25) is 19.4 Å². The molecular weight excluding hydrogens is 633 g/mol. The van der Waals surface area contributed by atoms with Gasteiger partial charge in [0.25, 0.3) is 18.3 Å². The summed E-state index contributed by atoms with van der Waals surface area (Å²) in [7, 11) is 3.50. The molecule has 0 aliphatic carbocycles. The number of nitrogens with zero attached hydrogens (tertiary/aromatic N) is 7. The molecule has 0 unspecified atom stereocenters. The van der Waals surface area contributed by atoms with Crippen LogP contribution in [0.2, 0.25) is 0 Å². The third kappa shape index (κ3) is 11.0. The molecule has 1 spiro atoms. The Labute approximate surface area is 290 Å². The molecule has 1 aromatic carbocycles. The molecule has 2 fully saturated rings. The van der Waals surface area contributed by atoms with E-state index in [4.69, 9.17) is 24.1 Å². The number of benzene rings is 1. The first-order valence-corrected chi connectivity index (χ1v) is 17.3. The van der Waals surface area contributed by atoms with Crippen molar-refractivity contribution in [1.82, 2.24) is 29.9 Å². The highest BCUT2D eigenvalue weighted by Crippen LogP contribution is 2.44. The topological polar surface area (TPSA) is 134 Å². The van der Waals surface area contributed by atoms with E-state index in [9.17, 15) is 9.18 Å². The van der Waals surface area contributed by atoms with E-state index < -0.39 is 5.82 Å². The summed E-state index contributed by atoms with van der Waals surface area (Å²) in [5, 5.41) is 15.1. The first-order valence-electron chi connectivity index (χ1n) is 17.3. The highest BCUT2D eigenvalue weighted by Gasteiger charge is 2.50. The van der Waals surface area contributed by atoms with Crippen molar-refractivity contribution in [3.8, 4) is 11.6 Å². The number of ether oxygens (including phenoxy) is 3. The van der Waals surface area contributed by atoms with E-state index in [1.54, 1.807) is 19.1 Å². The first-order chi connectivity index (χ1) is 23.5. The molecule has 1 amide bonds. The fourth-order valence-corrected chi connectivity index (χ4v) is 6.96. The van der Waals surface area contributed by atoms with Crippen LogP contribution in [0.5, 0.6) is 11.6 Å². The van der Waals surface area contributed by atoms with Crippen molar-refractivity contribution in [2.75, 3.05) is 84.7 Å². The van der Waals surface area contributed by atoms with E-state index in [1.165, 1.54) is 24.5 Å². The second-order valence-electron chi connectivity index (χ2n) is 13.5. The summed E-state index contributed by atoms with van der Waals surface area (Å²) >= 11 is 0. The molecule has 13 nitrogen and oxygen atoms in total. The smallest absolute Gasteiger partial charge is 0.290 e. The van der Waals surface area contributed by atoms with Gasteiger partial charge < -0.3 is 29.1 Å². The molecule has 1 atom stereocenters. The van der Waals surface area contributed by atoms with E-state index in [-0.39, 0.29) is 41.0 Å². The van der Waals surface area contributed by atoms with Gasteiger partial charge in [0.1, 0.15) is 17.9 Å². The van der Waals surface area contributed by atoms with Crippen LogP contribution in [0.25, 0.3) is 0 Å². The maximum absolute atomic E-state index is 14.3. The standard InChI is InChI=1S/C34H54FN7O4.CH2O2/c1-8-42(26(4)5)33(43)28-20-27(35)11-12-30(28)46-32-31(36-24-37-38-32)40-15-13-34(21-40)22-41(23-34)29(25(2)3)10-9-14-39(16-18-44-6)17-19-45-7;2-1-3/h11-12,20,24-26,29H,8-10,13-19,21-23H2,1-7H3;1H,(H,2,3)/t29-;/m1./s1. The Morgan fingerprint density at radius 1 is 1.10 bits per heavy atom. The van der Waals surface area contributed by atoms with Crippen LogP contribution in [0.4, 0.5) is 10.2 Å². The normalized spacial score (nSPS) is 16.1. The maximum Gasteiger partial charge on any atom is 0.290 e. The molecule has 49 heavy (non-hydrogen) atoms. The largest absolute Gasteiger partial charge is 0.483 e. The number of anilines is 1. The fraction of sp³-hybridized carbons (Fsp3) is 0.686. The quantitative estimate of drug-likeness (QED) is 0.224. The first kappa shape index (κ1) is 40.0. The molecular formula is C35H56FN7O6. The predicted octanol–water partition coefficient (Wildman–Crippen LogP) is 4.29. The Kier molecular flexibility index (Phi) is 16.0. The van der Waals surface area contributed by atoms with Gasteiger partial charge in [-0.1, -0.05) is 13.8 Å². The van der Waals surface area contributed by atoms with Crippen LogP contribution >= 0.6 is 0 Å². The Morgan fingerprint density at radius 3 is 2.37 bits per heavy atom. The van der Waals surface area contributed by atoms with Gasteiger partial charge in [0.15, 0.2) is 5.82 Å². The summed E-state index contributed by atoms with van der Waals surface area (Å²) in [4.78, 5) is 35.3. The molecule has 0 bridgehead atoms. The van der Waals surface area contributed by atoms with Crippen LogP contribution in [0.3, 0.4) is 0 Å². The summed E-state index contributed by atoms with van der Waals surface area (Å²) in [6, 6.07) is 4.48. The molecule has 2 aliphatic rings. The molecule has 4 rings (SSSR count). The van der Waals surface area contributed by atoms with Crippen LogP contribution < -0.4 is 9.64 Å². The fourth-order valence-electron chi connectivity index (χ4n) is 6.96. The Balaban J connectivity index is 0.00000209. The number of carbonyl (C=O) groups excluding carboxylic acids is 1. The number of hydrogen-bond donors (Lipinski definition) is 1. The van der Waals surface area contributed by atoms with Crippen molar-refractivity contribution in [2.45, 2.75) is 66.0 Å². The number of amides is 1. The summed E-state index contributed by atoms with van der Waals surface area (Å²) in [5.41, 5.74) is 0.341. The zero-order chi connectivity index (χ0) is 36.0. The maximum atomic E-state index is 14.3. The van der Waals surface area contributed by atoms with Crippen LogP contribution in [-0.2, 0) is 14.3 Å². The number of carbonyl (C=O) groups is 2. The molecule has 2 aromatic rings. The number of likely N-dealkylation sites (tertiary alicyclic amines) is 1. The number of methoxy groups -OCH3 is 2. The number of hydrogen-bond acceptors (Lipinski definition) is 11. The molecule has 1 N–H and O–H groups in total. The van der Waals surface area contributed by atoms with Gasteiger partial charge in [0.2, 0.25) is 0 Å². The number of aromatic nitrogens is 3. The van der Waals surface area contributed by atoms with Gasteiger partial charge in [-0.15, -0.1) is 10.2 Å². The molecule has 14 heteroatoms.